The van der Waals surface area contributed by atoms with Crippen molar-refractivity contribution in [3.63, 3.8) is 0 Å². The van der Waals surface area contributed by atoms with Gasteiger partial charge in [-0.05, 0) is 86.9 Å². The van der Waals surface area contributed by atoms with E-state index in [1.54, 1.807) is 12.5 Å². The van der Waals surface area contributed by atoms with Gasteiger partial charge in [0, 0.05) is 12.3 Å². The van der Waals surface area contributed by atoms with Crippen LogP contribution in [0, 0.1) is 34.5 Å². The fourth-order valence-corrected chi connectivity index (χ4v) is 7.59. The molecule has 4 aliphatic rings. The van der Waals surface area contributed by atoms with E-state index in [0.717, 1.165) is 30.1 Å². The SMILES string of the molecule is CCC1=CC[C@@]2(C)[C@@H](CC[C@@H]3[C@H]2CC[C@]2(C)[C@H](OC(C)=O)CC[C@@H]32)C1. The Morgan fingerprint density at radius 3 is 2.60 bits per heavy atom. The van der Waals surface area contributed by atoms with Crippen LogP contribution in [0.5, 0.6) is 0 Å². The Balaban J connectivity index is 1.58. The highest BCUT2D eigenvalue weighted by molar-refractivity contribution is 5.66. The van der Waals surface area contributed by atoms with E-state index in [1.165, 1.54) is 51.4 Å². The zero-order chi connectivity index (χ0) is 17.8. The highest BCUT2D eigenvalue weighted by Gasteiger charge is 2.60. The summed E-state index contributed by atoms with van der Waals surface area (Å²) >= 11 is 0. The van der Waals surface area contributed by atoms with Crippen LogP contribution in [0.15, 0.2) is 11.6 Å². The first-order valence-corrected chi connectivity index (χ1v) is 10.7. The summed E-state index contributed by atoms with van der Waals surface area (Å²) in [6, 6.07) is 0. The molecule has 7 atom stereocenters. The lowest BCUT2D eigenvalue weighted by molar-refractivity contribution is -0.159. The van der Waals surface area contributed by atoms with Gasteiger partial charge in [0.25, 0.3) is 0 Å². The third-order valence-electron chi connectivity index (χ3n) is 9.08. The highest BCUT2D eigenvalue weighted by Crippen LogP contribution is 2.66. The minimum atomic E-state index is -0.0887. The van der Waals surface area contributed by atoms with E-state index < -0.39 is 0 Å². The number of fused-ring (bicyclic) bond motifs is 5. The number of carbonyl (C=O) groups is 1. The lowest BCUT2D eigenvalue weighted by Crippen LogP contribution is -2.53. The molecule has 0 spiro atoms. The average Bonchev–Trinajstić information content (AvgIpc) is 2.90. The predicted molar refractivity (Wildman–Crippen MR) is 101 cm³/mol. The van der Waals surface area contributed by atoms with Crippen LogP contribution in [0.1, 0.15) is 85.5 Å². The summed E-state index contributed by atoms with van der Waals surface area (Å²) in [5, 5.41) is 0. The van der Waals surface area contributed by atoms with Crippen molar-refractivity contribution in [2.75, 3.05) is 0 Å². The van der Waals surface area contributed by atoms with Crippen LogP contribution < -0.4 is 0 Å². The first-order valence-electron chi connectivity index (χ1n) is 10.7. The number of ether oxygens (including phenoxy) is 1. The zero-order valence-corrected chi connectivity index (χ0v) is 16.6. The zero-order valence-electron chi connectivity index (χ0n) is 16.6. The Morgan fingerprint density at radius 1 is 1.12 bits per heavy atom. The third kappa shape index (κ3) is 2.61. The van der Waals surface area contributed by atoms with Crippen molar-refractivity contribution in [3.05, 3.63) is 11.6 Å². The van der Waals surface area contributed by atoms with E-state index in [1.807, 2.05) is 0 Å². The Morgan fingerprint density at radius 2 is 1.88 bits per heavy atom. The molecule has 25 heavy (non-hydrogen) atoms. The van der Waals surface area contributed by atoms with E-state index in [-0.39, 0.29) is 17.5 Å². The van der Waals surface area contributed by atoms with Crippen molar-refractivity contribution < 1.29 is 9.53 Å². The number of hydrogen-bond donors (Lipinski definition) is 0. The standard InChI is InChI=1S/C23H36O2/c1-5-16-10-12-22(3)17(14-16)6-7-18-19-8-9-21(25-15(2)24)23(19,4)13-11-20(18)22/h10,17-21H,5-9,11-14H2,1-4H3/t17-,18-,19-,20+,21+,22-,23-/m0/s1. The minimum Gasteiger partial charge on any atom is -0.462 e. The van der Waals surface area contributed by atoms with Crippen molar-refractivity contribution >= 4 is 5.97 Å². The molecule has 4 rings (SSSR count). The molecule has 2 heteroatoms. The van der Waals surface area contributed by atoms with E-state index >= 15 is 0 Å². The van der Waals surface area contributed by atoms with Crippen LogP contribution >= 0.6 is 0 Å². The largest absolute Gasteiger partial charge is 0.462 e. The molecule has 0 aromatic rings. The van der Waals surface area contributed by atoms with Crippen LogP contribution in [0.2, 0.25) is 0 Å². The predicted octanol–water partition coefficient (Wildman–Crippen LogP) is 5.91. The van der Waals surface area contributed by atoms with Crippen LogP contribution in [0.4, 0.5) is 0 Å². The van der Waals surface area contributed by atoms with Gasteiger partial charge in [-0.1, -0.05) is 32.4 Å². The summed E-state index contributed by atoms with van der Waals surface area (Å²) in [7, 11) is 0. The summed E-state index contributed by atoms with van der Waals surface area (Å²) < 4.78 is 5.78. The summed E-state index contributed by atoms with van der Waals surface area (Å²) in [5.41, 5.74) is 2.45. The van der Waals surface area contributed by atoms with Crippen LogP contribution in [0.25, 0.3) is 0 Å². The molecule has 0 amide bonds. The van der Waals surface area contributed by atoms with Crippen molar-refractivity contribution in [3.8, 4) is 0 Å². The van der Waals surface area contributed by atoms with Crippen molar-refractivity contribution in [1.82, 2.24) is 0 Å². The second-order valence-corrected chi connectivity index (χ2v) is 10.0. The molecule has 0 aromatic carbocycles. The first-order chi connectivity index (χ1) is 11.9. The fourth-order valence-electron chi connectivity index (χ4n) is 7.59. The maximum atomic E-state index is 11.6. The van der Waals surface area contributed by atoms with Gasteiger partial charge >= 0.3 is 5.97 Å². The van der Waals surface area contributed by atoms with Crippen LogP contribution in [0.3, 0.4) is 0 Å². The van der Waals surface area contributed by atoms with Crippen LogP contribution in [-0.2, 0) is 9.53 Å². The second-order valence-electron chi connectivity index (χ2n) is 10.0. The smallest absolute Gasteiger partial charge is 0.302 e. The van der Waals surface area contributed by atoms with E-state index in [9.17, 15) is 4.79 Å². The highest BCUT2D eigenvalue weighted by atomic mass is 16.5. The van der Waals surface area contributed by atoms with Gasteiger partial charge in [0.1, 0.15) is 6.10 Å². The molecule has 0 aliphatic heterocycles. The normalized spacial score (nSPS) is 48.8. The molecular formula is C23H36O2. The Hall–Kier alpha value is -0.790. The molecule has 0 aromatic heterocycles. The van der Waals surface area contributed by atoms with E-state index in [2.05, 4.69) is 26.8 Å². The molecule has 0 unspecified atom stereocenters. The molecule has 3 saturated carbocycles. The Labute approximate surface area is 153 Å². The summed E-state index contributed by atoms with van der Waals surface area (Å²) in [5.74, 6) is 3.33. The van der Waals surface area contributed by atoms with E-state index in [0.29, 0.717) is 5.41 Å². The van der Waals surface area contributed by atoms with E-state index in [4.69, 9.17) is 4.74 Å². The number of esters is 1. The van der Waals surface area contributed by atoms with Gasteiger partial charge in [-0.25, -0.2) is 0 Å². The molecule has 0 radical (unpaired) electrons. The van der Waals surface area contributed by atoms with Gasteiger partial charge in [0.15, 0.2) is 0 Å². The quantitative estimate of drug-likeness (QED) is 0.460. The van der Waals surface area contributed by atoms with Crippen molar-refractivity contribution in [2.45, 2.75) is 91.6 Å². The topological polar surface area (TPSA) is 26.3 Å². The Bertz CT molecular complexity index is 579. The van der Waals surface area contributed by atoms with Gasteiger partial charge in [0.05, 0.1) is 0 Å². The maximum Gasteiger partial charge on any atom is 0.302 e. The molecule has 3 fully saturated rings. The number of rotatable bonds is 2. The van der Waals surface area contributed by atoms with Gasteiger partial charge in [0.2, 0.25) is 0 Å². The number of hydrogen-bond acceptors (Lipinski definition) is 2. The van der Waals surface area contributed by atoms with Gasteiger partial charge in [-0.2, -0.15) is 0 Å². The third-order valence-corrected chi connectivity index (χ3v) is 9.08. The van der Waals surface area contributed by atoms with Crippen molar-refractivity contribution in [1.29, 1.82) is 0 Å². The lowest BCUT2D eigenvalue weighted by atomic mass is 9.45. The molecule has 0 N–H and O–H groups in total. The molecule has 2 nitrogen and oxygen atoms in total. The van der Waals surface area contributed by atoms with Gasteiger partial charge in [-0.3, -0.25) is 4.79 Å². The lowest BCUT2D eigenvalue weighted by Gasteiger charge is -2.60. The summed E-state index contributed by atoms with van der Waals surface area (Å²) in [6.07, 6.45) is 14.4. The van der Waals surface area contributed by atoms with Gasteiger partial charge < -0.3 is 4.74 Å². The maximum absolute atomic E-state index is 11.6. The molecular weight excluding hydrogens is 308 g/mol. The average molecular weight is 345 g/mol. The molecule has 0 saturated heterocycles. The fraction of sp³-hybridized carbons (Fsp3) is 0.870. The molecule has 0 heterocycles. The first kappa shape index (κ1) is 17.6. The molecule has 140 valence electrons. The minimum absolute atomic E-state index is 0.0887. The summed E-state index contributed by atoms with van der Waals surface area (Å²) in [6.45, 7) is 8.94. The molecule has 4 aliphatic carbocycles. The van der Waals surface area contributed by atoms with Gasteiger partial charge in [-0.15, -0.1) is 0 Å². The Kier molecular flexibility index (Phi) is 4.32. The monoisotopic (exact) mass is 344 g/mol. The summed E-state index contributed by atoms with van der Waals surface area (Å²) in [4.78, 5) is 11.6. The second kappa shape index (κ2) is 6.13. The molecule has 0 bridgehead atoms. The number of allylic oxidation sites excluding steroid dienone is 2. The van der Waals surface area contributed by atoms with Crippen LogP contribution in [-0.4, -0.2) is 12.1 Å². The number of carbonyl (C=O) groups excluding carboxylic acids is 1. The van der Waals surface area contributed by atoms with Crippen molar-refractivity contribution in [2.24, 2.45) is 34.5 Å².